The zero-order chi connectivity index (χ0) is 24.7. The zero-order valence-electron chi connectivity index (χ0n) is 20.0. The summed E-state index contributed by atoms with van der Waals surface area (Å²) in [6.45, 7) is 1.97. The van der Waals surface area contributed by atoms with Gasteiger partial charge in [-0.3, -0.25) is 9.59 Å². The lowest BCUT2D eigenvalue weighted by Gasteiger charge is -2.39. The number of amides is 2. The monoisotopic (exact) mass is 472 g/mol. The lowest BCUT2D eigenvalue weighted by molar-refractivity contribution is -0.223. The first kappa shape index (κ1) is 24.6. The summed E-state index contributed by atoms with van der Waals surface area (Å²) < 4.78 is 0. The van der Waals surface area contributed by atoms with Crippen molar-refractivity contribution in [3.63, 3.8) is 0 Å². The van der Waals surface area contributed by atoms with E-state index in [-0.39, 0.29) is 18.2 Å². The Morgan fingerprint density at radius 3 is 1.89 bits per heavy atom. The first-order valence-corrected chi connectivity index (χ1v) is 12.1. The quantitative estimate of drug-likeness (QED) is 0.482. The highest BCUT2D eigenvalue weighted by molar-refractivity contribution is 5.87. The topological polar surface area (TPSA) is 78.9 Å². The Hall–Kier alpha value is -3.48. The number of nitrogens with one attached hydrogen (secondary N) is 1. The number of nitrogens with zero attached hydrogens (tertiary/aromatic N) is 1. The molecule has 1 heterocycles. The number of benzene rings is 3. The van der Waals surface area contributed by atoms with Crippen LogP contribution in [0.1, 0.15) is 49.3 Å². The maximum Gasteiger partial charge on any atom is 0.268 e. The maximum atomic E-state index is 13.7. The number of carbonyl (C=O) groups is 2. The zero-order valence-corrected chi connectivity index (χ0v) is 20.0. The summed E-state index contributed by atoms with van der Waals surface area (Å²) in [6.07, 6.45) is 1.24. The largest absolute Gasteiger partial charge is 0.393 e. The second-order valence-corrected chi connectivity index (χ2v) is 8.98. The SMILES string of the molecule is C[C@@H](O)CC(=O)N[C@H]1CCCCN(OC(c2ccccc2)(c2ccccc2)c2ccccc2)C1=O. The lowest BCUT2D eigenvalue weighted by atomic mass is 9.80. The Morgan fingerprint density at radius 2 is 1.43 bits per heavy atom. The van der Waals surface area contributed by atoms with E-state index in [0.717, 1.165) is 29.5 Å². The van der Waals surface area contributed by atoms with E-state index in [2.05, 4.69) is 5.32 Å². The summed E-state index contributed by atoms with van der Waals surface area (Å²) in [6, 6.07) is 28.9. The van der Waals surface area contributed by atoms with Crippen molar-refractivity contribution in [1.82, 2.24) is 10.4 Å². The molecule has 4 rings (SSSR count). The van der Waals surface area contributed by atoms with Crippen LogP contribution in [0.5, 0.6) is 0 Å². The van der Waals surface area contributed by atoms with E-state index in [0.29, 0.717) is 13.0 Å². The molecule has 2 N–H and O–H groups in total. The molecule has 182 valence electrons. The fourth-order valence-electron chi connectivity index (χ4n) is 4.60. The molecule has 35 heavy (non-hydrogen) atoms. The molecule has 1 fully saturated rings. The summed E-state index contributed by atoms with van der Waals surface area (Å²) in [5.74, 6) is -0.630. The molecule has 0 radical (unpaired) electrons. The average molecular weight is 473 g/mol. The molecule has 2 atom stereocenters. The van der Waals surface area contributed by atoms with Gasteiger partial charge in [0.25, 0.3) is 5.91 Å². The Morgan fingerprint density at radius 1 is 0.943 bits per heavy atom. The van der Waals surface area contributed by atoms with E-state index >= 15 is 0 Å². The van der Waals surface area contributed by atoms with E-state index in [9.17, 15) is 14.7 Å². The molecule has 0 saturated carbocycles. The molecule has 2 amide bonds. The third-order valence-electron chi connectivity index (χ3n) is 6.25. The number of rotatable bonds is 8. The van der Waals surface area contributed by atoms with Gasteiger partial charge in [-0.1, -0.05) is 91.0 Å². The molecular formula is C29H32N2O4. The van der Waals surface area contributed by atoms with Crippen LogP contribution < -0.4 is 5.32 Å². The number of aliphatic hydroxyl groups excluding tert-OH is 1. The van der Waals surface area contributed by atoms with Gasteiger partial charge in [0.15, 0.2) is 5.60 Å². The molecule has 1 aliphatic heterocycles. The number of hydroxylamine groups is 2. The van der Waals surface area contributed by atoms with Gasteiger partial charge in [0.05, 0.1) is 12.5 Å². The van der Waals surface area contributed by atoms with Crippen molar-refractivity contribution in [3.05, 3.63) is 108 Å². The first-order chi connectivity index (χ1) is 17.0. The summed E-state index contributed by atoms with van der Waals surface area (Å²) >= 11 is 0. The van der Waals surface area contributed by atoms with Crippen LogP contribution in [0.3, 0.4) is 0 Å². The Balaban J connectivity index is 1.77. The third-order valence-corrected chi connectivity index (χ3v) is 6.25. The van der Waals surface area contributed by atoms with Crippen LogP contribution >= 0.6 is 0 Å². The number of hydrogen-bond donors (Lipinski definition) is 2. The molecule has 6 nitrogen and oxygen atoms in total. The predicted molar refractivity (Wildman–Crippen MR) is 134 cm³/mol. The van der Waals surface area contributed by atoms with E-state index in [1.807, 2.05) is 91.0 Å². The molecule has 0 aromatic heterocycles. The van der Waals surface area contributed by atoms with Crippen LogP contribution in [0, 0.1) is 0 Å². The minimum Gasteiger partial charge on any atom is -0.393 e. The first-order valence-electron chi connectivity index (χ1n) is 12.1. The highest BCUT2D eigenvalue weighted by atomic mass is 16.7. The van der Waals surface area contributed by atoms with E-state index in [4.69, 9.17) is 4.84 Å². The van der Waals surface area contributed by atoms with E-state index < -0.39 is 17.7 Å². The van der Waals surface area contributed by atoms with Gasteiger partial charge < -0.3 is 10.4 Å². The fourth-order valence-corrected chi connectivity index (χ4v) is 4.60. The molecule has 6 heteroatoms. The van der Waals surface area contributed by atoms with Crippen molar-refractivity contribution in [2.24, 2.45) is 0 Å². The second-order valence-electron chi connectivity index (χ2n) is 8.98. The lowest BCUT2D eigenvalue weighted by Crippen LogP contribution is -2.51. The molecule has 0 unspecified atom stereocenters. The molecule has 1 aliphatic rings. The Bertz CT molecular complexity index is 1010. The summed E-state index contributed by atoms with van der Waals surface area (Å²) in [5, 5.41) is 13.8. The highest BCUT2D eigenvalue weighted by Crippen LogP contribution is 2.41. The minimum absolute atomic E-state index is 0.0490. The number of aliphatic hydroxyl groups is 1. The standard InChI is InChI=1S/C29H32N2O4/c1-22(32)21-27(33)30-26-19-11-12-20-31(28(26)34)35-29(23-13-5-2-6-14-23,24-15-7-3-8-16-24)25-17-9-4-10-18-25/h2-10,13-18,22,26,32H,11-12,19-21H2,1H3,(H,30,33)/t22-,26+/m1/s1. The molecular weight excluding hydrogens is 440 g/mol. The second kappa shape index (κ2) is 11.3. The number of hydrogen-bond acceptors (Lipinski definition) is 4. The van der Waals surface area contributed by atoms with Gasteiger partial charge in [0.1, 0.15) is 6.04 Å². The van der Waals surface area contributed by atoms with E-state index in [1.54, 1.807) is 6.92 Å². The van der Waals surface area contributed by atoms with Crippen LogP contribution in [0.15, 0.2) is 91.0 Å². The minimum atomic E-state index is -1.07. The van der Waals surface area contributed by atoms with Gasteiger partial charge in [0, 0.05) is 6.54 Å². The number of carbonyl (C=O) groups excluding carboxylic acids is 2. The van der Waals surface area contributed by atoms with Crippen LogP contribution in [0.25, 0.3) is 0 Å². The van der Waals surface area contributed by atoms with Gasteiger partial charge in [-0.25, -0.2) is 9.90 Å². The van der Waals surface area contributed by atoms with Crippen LogP contribution in [-0.2, 0) is 20.0 Å². The molecule has 0 spiro atoms. The molecule has 3 aromatic rings. The summed E-state index contributed by atoms with van der Waals surface area (Å²) in [5.41, 5.74) is 1.61. The van der Waals surface area contributed by atoms with Crippen LogP contribution in [0.4, 0.5) is 0 Å². The predicted octanol–water partition coefficient (Wildman–Crippen LogP) is 4.18. The molecule has 3 aromatic carbocycles. The highest BCUT2D eigenvalue weighted by Gasteiger charge is 2.42. The van der Waals surface area contributed by atoms with Crippen LogP contribution in [-0.4, -0.2) is 40.7 Å². The Kier molecular flexibility index (Phi) is 7.95. The van der Waals surface area contributed by atoms with Gasteiger partial charge in [-0.2, -0.15) is 0 Å². The van der Waals surface area contributed by atoms with Crippen LogP contribution in [0.2, 0.25) is 0 Å². The Labute approximate surface area is 206 Å². The van der Waals surface area contributed by atoms with Crippen molar-refractivity contribution in [3.8, 4) is 0 Å². The normalized spacial score (nSPS) is 17.5. The van der Waals surface area contributed by atoms with Crippen molar-refractivity contribution in [2.45, 2.75) is 50.4 Å². The van der Waals surface area contributed by atoms with Crippen molar-refractivity contribution >= 4 is 11.8 Å². The van der Waals surface area contributed by atoms with E-state index in [1.165, 1.54) is 5.06 Å². The van der Waals surface area contributed by atoms with Gasteiger partial charge in [0.2, 0.25) is 5.91 Å². The molecule has 0 bridgehead atoms. The summed E-state index contributed by atoms with van der Waals surface area (Å²) in [7, 11) is 0. The van der Waals surface area contributed by atoms with Crippen molar-refractivity contribution in [1.29, 1.82) is 0 Å². The maximum absolute atomic E-state index is 13.7. The molecule has 1 saturated heterocycles. The van der Waals surface area contributed by atoms with Crippen molar-refractivity contribution in [2.75, 3.05) is 6.54 Å². The van der Waals surface area contributed by atoms with Gasteiger partial charge in [-0.05, 0) is 42.9 Å². The third kappa shape index (κ3) is 5.61. The summed E-state index contributed by atoms with van der Waals surface area (Å²) in [4.78, 5) is 32.8. The smallest absolute Gasteiger partial charge is 0.268 e. The average Bonchev–Trinajstić information content (AvgIpc) is 3.04. The fraction of sp³-hybridized carbons (Fsp3) is 0.310. The molecule has 0 aliphatic carbocycles. The van der Waals surface area contributed by atoms with Gasteiger partial charge in [-0.15, -0.1) is 0 Å². The van der Waals surface area contributed by atoms with Gasteiger partial charge >= 0.3 is 0 Å². The van der Waals surface area contributed by atoms with Crippen molar-refractivity contribution < 1.29 is 19.5 Å².